The summed E-state index contributed by atoms with van der Waals surface area (Å²) in [6.07, 6.45) is 1.02. The third kappa shape index (κ3) is 4.24. The molecule has 0 atom stereocenters. The monoisotopic (exact) mass is 264 g/mol. The molecule has 1 rings (SSSR count). The predicted molar refractivity (Wildman–Crippen MR) is 80.7 cm³/mol. The van der Waals surface area contributed by atoms with Crippen molar-refractivity contribution in [3.05, 3.63) is 28.8 Å². The van der Waals surface area contributed by atoms with Gasteiger partial charge in [0.1, 0.15) is 5.75 Å². The topological polar surface area (TPSA) is 29.5 Å². The fourth-order valence-electron chi connectivity index (χ4n) is 3.04. The summed E-state index contributed by atoms with van der Waals surface area (Å²) in [5.74, 6) is 0.425. The summed E-state index contributed by atoms with van der Waals surface area (Å²) in [5.41, 5.74) is 3.23. The average Bonchev–Trinajstić information content (AvgIpc) is 2.19. The van der Waals surface area contributed by atoms with Gasteiger partial charge < -0.3 is 9.84 Å². The lowest BCUT2D eigenvalue weighted by Crippen LogP contribution is -2.25. The Morgan fingerprint density at radius 1 is 1.11 bits per heavy atom. The third-order valence-electron chi connectivity index (χ3n) is 3.37. The van der Waals surface area contributed by atoms with Crippen LogP contribution in [-0.4, -0.2) is 12.2 Å². The molecule has 19 heavy (non-hydrogen) atoms. The molecule has 2 heteroatoms. The zero-order valence-corrected chi connectivity index (χ0v) is 13.4. The van der Waals surface area contributed by atoms with Crippen molar-refractivity contribution in [2.45, 2.75) is 60.0 Å². The fourth-order valence-corrected chi connectivity index (χ4v) is 3.04. The van der Waals surface area contributed by atoms with Crippen LogP contribution in [0.15, 0.2) is 12.1 Å². The van der Waals surface area contributed by atoms with E-state index in [-0.39, 0.29) is 10.8 Å². The van der Waals surface area contributed by atoms with E-state index in [0.29, 0.717) is 12.4 Å². The van der Waals surface area contributed by atoms with Crippen LogP contribution in [0, 0.1) is 12.3 Å². The van der Waals surface area contributed by atoms with Crippen molar-refractivity contribution < 1.29 is 9.84 Å². The minimum Gasteiger partial charge on any atom is -0.507 e. The van der Waals surface area contributed by atoms with Crippen molar-refractivity contribution in [3.63, 3.8) is 0 Å². The zero-order valence-electron chi connectivity index (χ0n) is 13.4. The minimum absolute atomic E-state index is 0.0587. The second-order valence-corrected chi connectivity index (χ2v) is 7.36. The van der Waals surface area contributed by atoms with Gasteiger partial charge in [0, 0.05) is 12.7 Å². The quantitative estimate of drug-likeness (QED) is 0.863. The van der Waals surface area contributed by atoms with Crippen LogP contribution in [0.1, 0.15) is 57.7 Å². The number of aryl methyl sites for hydroxylation is 1. The molecule has 0 spiro atoms. The molecular weight excluding hydrogens is 236 g/mol. The SMILES string of the molecule is COCc1cc(C)c(O)c(C(C)(C)CC(C)(C)C)c1. The van der Waals surface area contributed by atoms with Gasteiger partial charge in [0.15, 0.2) is 0 Å². The summed E-state index contributed by atoms with van der Waals surface area (Å²) < 4.78 is 5.21. The number of phenols is 1. The third-order valence-corrected chi connectivity index (χ3v) is 3.37. The molecule has 1 aromatic rings. The Balaban J connectivity index is 3.24. The molecule has 0 heterocycles. The van der Waals surface area contributed by atoms with Crippen LogP contribution in [0.2, 0.25) is 0 Å². The van der Waals surface area contributed by atoms with Crippen molar-refractivity contribution in [3.8, 4) is 5.75 Å². The van der Waals surface area contributed by atoms with Crippen LogP contribution >= 0.6 is 0 Å². The zero-order chi connectivity index (χ0) is 14.8. The maximum atomic E-state index is 10.4. The number of phenolic OH excluding ortho intramolecular Hbond substituents is 1. The summed E-state index contributed by atoms with van der Waals surface area (Å²) in [5, 5.41) is 10.4. The molecule has 108 valence electrons. The van der Waals surface area contributed by atoms with E-state index in [1.807, 2.05) is 13.0 Å². The first-order valence-corrected chi connectivity index (χ1v) is 6.89. The molecule has 0 aliphatic carbocycles. The molecule has 2 nitrogen and oxygen atoms in total. The first-order chi connectivity index (χ1) is 8.57. The van der Waals surface area contributed by atoms with Gasteiger partial charge >= 0.3 is 0 Å². The Morgan fingerprint density at radius 2 is 1.68 bits per heavy atom. The number of benzene rings is 1. The summed E-state index contributed by atoms with van der Waals surface area (Å²) >= 11 is 0. The lowest BCUT2D eigenvalue weighted by molar-refractivity contribution is 0.184. The van der Waals surface area contributed by atoms with Gasteiger partial charge in [-0.3, -0.25) is 0 Å². The fraction of sp³-hybridized carbons (Fsp3) is 0.647. The molecule has 0 bridgehead atoms. The normalized spacial score (nSPS) is 12.8. The smallest absolute Gasteiger partial charge is 0.122 e. The van der Waals surface area contributed by atoms with E-state index in [1.54, 1.807) is 7.11 Å². The van der Waals surface area contributed by atoms with E-state index < -0.39 is 0 Å². The highest BCUT2D eigenvalue weighted by Gasteiger charge is 2.30. The molecular formula is C17H28O2. The van der Waals surface area contributed by atoms with Crippen LogP contribution in [0.3, 0.4) is 0 Å². The number of rotatable bonds is 4. The number of methoxy groups -OCH3 is 1. The van der Waals surface area contributed by atoms with E-state index in [0.717, 1.165) is 23.1 Å². The maximum absolute atomic E-state index is 10.4. The Labute approximate surface area is 117 Å². The molecule has 0 radical (unpaired) electrons. The van der Waals surface area contributed by atoms with Crippen LogP contribution in [0.5, 0.6) is 5.75 Å². The van der Waals surface area contributed by atoms with E-state index in [9.17, 15) is 5.11 Å². The van der Waals surface area contributed by atoms with E-state index >= 15 is 0 Å². The largest absolute Gasteiger partial charge is 0.507 e. The van der Waals surface area contributed by atoms with Gasteiger partial charge in [-0.1, -0.05) is 40.7 Å². The van der Waals surface area contributed by atoms with Crippen molar-refractivity contribution in [2.75, 3.05) is 7.11 Å². The van der Waals surface area contributed by atoms with Crippen molar-refractivity contribution in [2.24, 2.45) is 5.41 Å². The van der Waals surface area contributed by atoms with Crippen molar-refractivity contribution >= 4 is 0 Å². The van der Waals surface area contributed by atoms with Crippen molar-refractivity contribution in [1.82, 2.24) is 0 Å². The number of hydrogen-bond acceptors (Lipinski definition) is 2. The highest BCUT2D eigenvalue weighted by molar-refractivity contribution is 5.46. The van der Waals surface area contributed by atoms with Gasteiger partial charge in [-0.15, -0.1) is 0 Å². The first kappa shape index (κ1) is 16.0. The molecule has 0 aliphatic rings. The predicted octanol–water partition coefficient (Wildman–Crippen LogP) is 4.56. The molecule has 0 aromatic heterocycles. The molecule has 0 aliphatic heterocycles. The number of hydrogen-bond donors (Lipinski definition) is 1. The van der Waals surface area contributed by atoms with Crippen LogP contribution in [-0.2, 0) is 16.8 Å². The molecule has 0 unspecified atom stereocenters. The highest BCUT2D eigenvalue weighted by atomic mass is 16.5. The lowest BCUT2D eigenvalue weighted by Gasteiger charge is -2.34. The highest BCUT2D eigenvalue weighted by Crippen LogP contribution is 2.41. The van der Waals surface area contributed by atoms with Gasteiger partial charge in [-0.2, -0.15) is 0 Å². The minimum atomic E-state index is -0.0587. The molecule has 1 N–H and O–H groups in total. The van der Waals surface area contributed by atoms with Crippen LogP contribution < -0.4 is 0 Å². The maximum Gasteiger partial charge on any atom is 0.122 e. The Kier molecular flexibility index (Phi) is 4.67. The molecule has 1 aromatic carbocycles. The van der Waals surface area contributed by atoms with Crippen LogP contribution in [0.25, 0.3) is 0 Å². The Bertz CT molecular complexity index is 439. The van der Waals surface area contributed by atoms with Gasteiger partial charge in [0.2, 0.25) is 0 Å². The van der Waals surface area contributed by atoms with E-state index in [1.165, 1.54) is 0 Å². The van der Waals surface area contributed by atoms with E-state index in [4.69, 9.17) is 4.74 Å². The van der Waals surface area contributed by atoms with Gasteiger partial charge in [0.25, 0.3) is 0 Å². The van der Waals surface area contributed by atoms with Crippen LogP contribution in [0.4, 0.5) is 0 Å². The molecule has 0 amide bonds. The number of aromatic hydroxyl groups is 1. The Morgan fingerprint density at radius 3 is 2.16 bits per heavy atom. The first-order valence-electron chi connectivity index (χ1n) is 6.89. The second kappa shape index (κ2) is 5.54. The van der Waals surface area contributed by atoms with Crippen molar-refractivity contribution in [1.29, 1.82) is 0 Å². The second-order valence-electron chi connectivity index (χ2n) is 7.36. The lowest BCUT2D eigenvalue weighted by atomic mass is 9.71. The molecule has 0 saturated carbocycles. The Hall–Kier alpha value is -1.02. The number of ether oxygens (including phenoxy) is 1. The molecule has 0 saturated heterocycles. The summed E-state index contributed by atoms with van der Waals surface area (Å²) in [6, 6.07) is 4.08. The summed E-state index contributed by atoms with van der Waals surface area (Å²) in [6.45, 7) is 13.6. The van der Waals surface area contributed by atoms with Gasteiger partial charge in [0.05, 0.1) is 6.61 Å². The van der Waals surface area contributed by atoms with Gasteiger partial charge in [-0.05, 0) is 41.4 Å². The molecule has 0 fully saturated rings. The summed E-state index contributed by atoms with van der Waals surface area (Å²) in [4.78, 5) is 0. The van der Waals surface area contributed by atoms with Gasteiger partial charge in [-0.25, -0.2) is 0 Å². The van der Waals surface area contributed by atoms with E-state index in [2.05, 4.69) is 40.7 Å². The average molecular weight is 264 g/mol. The standard InChI is InChI=1S/C17H28O2/c1-12-8-13(10-19-7)9-14(15(12)18)17(5,6)11-16(2,3)4/h8-9,18H,10-11H2,1-7H3. The summed E-state index contributed by atoms with van der Waals surface area (Å²) in [7, 11) is 1.70.